The average molecular weight is 381 g/mol. The Morgan fingerprint density at radius 3 is 2.86 bits per heavy atom. The van der Waals surface area contributed by atoms with Crippen LogP contribution in [0.3, 0.4) is 0 Å². The van der Waals surface area contributed by atoms with Gasteiger partial charge < -0.3 is 10.2 Å². The monoisotopic (exact) mass is 381 g/mol. The SMILES string of the molecule is N#CC1C[C@H](F)CN1C(=O)CN1CCC(Nc2cncc3ccccc23)CC1. The summed E-state index contributed by atoms with van der Waals surface area (Å²) in [6.07, 6.45) is 4.61. The number of carbonyl (C=O) groups excluding carboxylic acids is 1. The second-order valence-electron chi connectivity index (χ2n) is 7.63. The molecule has 4 rings (SSSR count). The molecule has 1 unspecified atom stereocenters. The minimum Gasteiger partial charge on any atom is -0.380 e. The van der Waals surface area contributed by atoms with Crippen LogP contribution < -0.4 is 5.32 Å². The lowest BCUT2D eigenvalue weighted by molar-refractivity contribution is -0.132. The molecule has 28 heavy (non-hydrogen) atoms. The summed E-state index contributed by atoms with van der Waals surface area (Å²) in [5.41, 5.74) is 1.04. The Balaban J connectivity index is 1.31. The molecule has 6 nitrogen and oxygen atoms in total. The van der Waals surface area contributed by atoms with Gasteiger partial charge in [-0.25, -0.2) is 4.39 Å². The van der Waals surface area contributed by atoms with Crippen molar-refractivity contribution in [3.63, 3.8) is 0 Å². The number of halogens is 1. The number of benzene rings is 1. The molecule has 3 heterocycles. The molecule has 146 valence electrons. The fourth-order valence-electron chi connectivity index (χ4n) is 4.15. The molecule has 0 radical (unpaired) electrons. The first-order chi connectivity index (χ1) is 13.6. The molecule has 0 spiro atoms. The fourth-order valence-corrected chi connectivity index (χ4v) is 4.15. The van der Waals surface area contributed by atoms with Crippen LogP contribution in [0, 0.1) is 11.3 Å². The highest BCUT2D eigenvalue weighted by Gasteiger charge is 2.36. The van der Waals surface area contributed by atoms with E-state index in [1.54, 1.807) is 0 Å². The van der Waals surface area contributed by atoms with Crippen LogP contribution in [0.2, 0.25) is 0 Å². The molecule has 2 fully saturated rings. The highest BCUT2D eigenvalue weighted by atomic mass is 19.1. The predicted octanol–water partition coefficient (Wildman–Crippen LogP) is 2.57. The molecule has 2 atom stereocenters. The van der Waals surface area contributed by atoms with Crippen LogP contribution in [0.4, 0.5) is 10.1 Å². The number of nitrogens with one attached hydrogen (secondary N) is 1. The zero-order valence-corrected chi connectivity index (χ0v) is 15.7. The number of amides is 1. The molecule has 1 aromatic heterocycles. The largest absolute Gasteiger partial charge is 0.380 e. The molecule has 0 bridgehead atoms. The Morgan fingerprint density at radius 2 is 2.07 bits per heavy atom. The van der Waals surface area contributed by atoms with Crippen LogP contribution in [0.15, 0.2) is 36.7 Å². The van der Waals surface area contributed by atoms with Crippen molar-refractivity contribution >= 4 is 22.4 Å². The van der Waals surface area contributed by atoms with E-state index in [0.29, 0.717) is 6.04 Å². The first-order valence-corrected chi connectivity index (χ1v) is 9.79. The summed E-state index contributed by atoms with van der Waals surface area (Å²) < 4.78 is 13.5. The number of nitriles is 1. The summed E-state index contributed by atoms with van der Waals surface area (Å²) in [5, 5.41) is 15.0. The highest BCUT2D eigenvalue weighted by Crippen LogP contribution is 2.25. The number of rotatable bonds is 4. The van der Waals surface area contributed by atoms with Gasteiger partial charge in [0.1, 0.15) is 12.2 Å². The third-order valence-corrected chi connectivity index (χ3v) is 5.69. The lowest BCUT2D eigenvalue weighted by atomic mass is 10.0. The van der Waals surface area contributed by atoms with Gasteiger partial charge in [0.05, 0.1) is 31.0 Å². The van der Waals surface area contributed by atoms with Gasteiger partial charge in [0.25, 0.3) is 0 Å². The van der Waals surface area contributed by atoms with Crippen LogP contribution in [-0.4, -0.2) is 65.1 Å². The zero-order valence-electron chi connectivity index (χ0n) is 15.7. The predicted molar refractivity (Wildman–Crippen MR) is 105 cm³/mol. The minimum absolute atomic E-state index is 0.0448. The van der Waals surface area contributed by atoms with E-state index in [-0.39, 0.29) is 25.4 Å². The molecular weight excluding hydrogens is 357 g/mol. The number of aromatic nitrogens is 1. The lowest BCUT2D eigenvalue weighted by Gasteiger charge is -2.33. The molecule has 2 aliphatic heterocycles. The van der Waals surface area contributed by atoms with Gasteiger partial charge in [0, 0.05) is 42.5 Å². The number of hydrogen-bond donors (Lipinski definition) is 1. The van der Waals surface area contributed by atoms with Crippen molar-refractivity contribution in [2.75, 3.05) is 31.5 Å². The summed E-state index contributed by atoms with van der Waals surface area (Å²) in [6, 6.07) is 9.92. The van der Waals surface area contributed by atoms with E-state index < -0.39 is 12.2 Å². The molecule has 2 aliphatic rings. The number of anilines is 1. The number of alkyl halides is 1. The standard InChI is InChI=1S/C21H24FN5O/c22-16-9-18(10-23)27(13-16)21(28)14-26-7-5-17(6-8-26)25-20-12-24-11-15-3-1-2-4-19(15)20/h1-4,11-12,16-18,25H,5-9,13-14H2/t16-,18?/m0/s1. The van der Waals surface area contributed by atoms with Crippen molar-refractivity contribution in [1.82, 2.24) is 14.8 Å². The first kappa shape index (κ1) is 18.6. The van der Waals surface area contributed by atoms with Crippen molar-refractivity contribution in [2.24, 2.45) is 0 Å². The maximum absolute atomic E-state index is 13.5. The Labute approximate surface area is 163 Å². The summed E-state index contributed by atoms with van der Waals surface area (Å²) in [4.78, 5) is 20.3. The van der Waals surface area contributed by atoms with Gasteiger partial charge in [-0.05, 0) is 12.8 Å². The maximum atomic E-state index is 13.5. The van der Waals surface area contributed by atoms with E-state index in [9.17, 15) is 9.18 Å². The summed E-state index contributed by atoms with van der Waals surface area (Å²) in [5.74, 6) is -0.142. The summed E-state index contributed by atoms with van der Waals surface area (Å²) in [6.45, 7) is 1.90. The average Bonchev–Trinajstić information content (AvgIpc) is 3.11. The number of hydrogen-bond acceptors (Lipinski definition) is 5. The fraction of sp³-hybridized carbons (Fsp3) is 0.476. The van der Waals surface area contributed by atoms with Crippen LogP contribution in [0.25, 0.3) is 10.8 Å². The molecule has 2 saturated heterocycles. The number of fused-ring (bicyclic) bond motifs is 1. The molecular formula is C21H24FN5O. The van der Waals surface area contributed by atoms with E-state index in [1.807, 2.05) is 30.6 Å². The summed E-state index contributed by atoms with van der Waals surface area (Å²) in [7, 11) is 0. The van der Waals surface area contributed by atoms with Crippen LogP contribution in [0.5, 0.6) is 0 Å². The Bertz CT molecular complexity index is 884. The van der Waals surface area contributed by atoms with Crippen LogP contribution in [0.1, 0.15) is 19.3 Å². The van der Waals surface area contributed by atoms with Gasteiger partial charge in [-0.2, -0.15) is 5.26 Å². The van der Waals surface area contributed by atoms with E-state index in [4.69, 9.17) is 5.26 Å². The van der Waals surface area contributed by atoms with Gasteiger partial charge in [-0.15, -0.1) is 0 Å². The molecule has 1 amide bonds. The smallest absolute Gasteiger partial charge is 0.237 e. The number of carbonyl (C=O) groups is 1. The number of nitrogens with zero attached hydrogens (tertiary/aromatic N) is 4. The molecule has 0 aliphatic carbocycles. The zero-order chi connectivity index (χ0) is 19.5. The number of pyridine rings is 1. The molecule has 1 aromatic carbocycles. The van der Waals surface area contributed by atoms with Gasteiger partial charge in [0.15, 0.2) is 0 Å². The Kier molecular flexibility index (Phi) is 5.40. The van der Waals surface area contributed by atoms with Crippen molar-refractivity contribution < 1.29 is 9.18 Å². The number of likely N-dealkylation sites (tertiary alicyclic amines) is 2. The minimum atomic E-state index is -1.09. The topological polar surface area (TPSA) is 72.3 Å². The molecule has 1 N–H and O–H groups in total. The number of piperidine rings is 1. The third-order valence-electron chi connectivity index (χ3n) is 5.69. The lowest BCUT2D eigenvalue weighted by Crippen LogP contribution is -2.46. The van der Waals surface area contributed by atoms with Gasteiger partial charge >= 0.3 is 0 Å². The van der Waals surface area contributed by atoms with Crippen molar-refractivity contribution in [3.8, 4) is 6.07 Å². The first-order valence-electron chi connectivity index (χ1n) is 9.79. The molecule has 7 heteroatoms. The van der Waals surface area contributed by atoms with Gasteiger partial charge in [-0.3, -0.25) is 14.7 Å². The van der Waals surface area contributed by atoms with Crippen molar-refractivity contribution in [1.29, 1.82) is 5.26 Å². The summed E-state index contributed by atoms with van der Waals surface area (Å²) >= 11 is 0. The van der Waals surface area contributed by atoms with Crippen molar-refractivity contribution in [2.45, 2.75) is 37.5 Å². The van der Waals surface area contributed by atoms with Crippen LogP contribution in [-0.2, 0) is 4.79 Å². The normalized spacial score (nSPS) is 23.6. The second kappa shape index (κ2) is 8.11. The highest BCUT2D eigenvalue weighted by molar-refractivity contribution is 5.92. The van der Waals surface area contributed by atoms with E-state index >= 15 is 0 Å². The van der Waals surface area contributed by atoms with E-state index in [0.717, 1.165) is 42.4 Å². The van der Waals surface area contributed by atoms with Crippen molar-refractivity contribution in [3.05, 3.63) is 36.7 Å². The molecule has 2 aromatic rings. The Morgan fingerprint density at radius 1 is 1.29 bits per heavy atom. The second-order valence-corrected chi connectivity index (χ2v) is 7.63. The van der Waals surface area contributed by atoms with Gasteiger partial charge in [0.2, 0.25) is 5.91 Å². The molecule has 0 saturated carbocycles. The maximum Gasteiger partial charge on any atom is 0.237 e. The van der Waals surface area contributed by atoms with E-state index in [2.05, 4.69) is 27.3 Å². The third kappa shape index (κ3) is 3.92. The van der Waals surface area contributed by atoms with E-state index in [1.165, 1.54) is 4.90 Å². The van der Waals surface area contributed by atoms with Gasteiger partial charge in [-0.1, -0.05) is 24.3 Å². The Hall–Kier alpha value is -2.72. The van der Waals surface area contributed by atoms with Crippen LogP contribution >= 0.6 is 0 Å². The quantitative estimate of drug-likeness (QED) is 0.881.